The molecule has 25 heavy (non-hydrogen) atoms. The van der Waals surface area contributed by atoms with Crippen LogP contribution in [0.1, 0.15) is 16.7 Å². The van der Waals surface area contributed by atoms with Gasteiger partial charge in [0, 0.05) is 5.69 Å². The Morgan fingerprint density at radius 3 is 2.36 bits per heavy atom. The fourth-order valence-corrected chi connectivity index (χ4v) is 2.47. The van der Waals surface area contributed by atoms with Crippen LogP contribution in [0, 0.1) is 20.8 Å². The first-order valence-electron chi connectivity index (χ1n) is 8.01. The predicted octanol–water partition coefficient (Wildman–Crippen LogP) is 4.29. The third-order valence-corrected chi connectivity index (χ3v) is 3.82. The summed E-state index contributed by atoms with van der Waals surface area (Å²) >= 11 is 0. The summed E-state index contributed by atoms with van der Waals surface area (Å²) in [6.07, 6.45) is 1.58. The maximum absolute atomic E-state index is 5.39. The normalized spacial score (nSPS) is 10.4. The van der Waals surface area contributed by atoms with Crippen LogP contribution in [0.3, 0.4) is 0 Å². The van der Waals surface area contributed by atoms with Gasteiger partial charge in [-0.2, -0.15) is 10.1 Å². The number of hydrogen-bond donors (Lipinski definition) is 2. The molecule has 0 aliphatic carbocycles. The van der Waals surface area contributed by atoms with E-state index in [0.29, 0.717) is 11.8 Å². The van der Waals surface area contributed by atoms with Crippen molar-refractivity contribution in [2.45, 2.75) is 20.8 Å². The Labute approximate surface area is 147 Å². The number of ether oxygens (including phenoxy) is 1. The lowest BCUT2D eigenvalue weighted by Gasteiger charge is -2.12. The molecule has 1 aromatic heterocycles. The molecule has 2 N–H and O–H groups in total. The predicted molar refractivity (Wildman–Crippen MR) is 100 cm³/mol. The highest BCUT2D eigenvalue weighted by atomic mass is 16.5. The molecule has 0 atom stereocenters. The molecular weight excluding hydrogens is 314 g/mol. The van der Waals surface area contributed by atoms with Crippen LogP contribution in [0.25, 0.3) is 0 Å². The van der Waals surface area contributed by atoms with Gasteiger partial charge in [-0.05, 0) is 55.7 Å². The fraction of sp³-hybridized carbons (Fsp3) is 0.211. The lowest BCUT2D eigenvalue weighted by molar-refractivity contribution is 0.416. The molecular formula is C19H21N5O. The Kier molecular flexibility index (Phi) is 4.79. The number of rotatable bonds is 5. The highest BCUT2D eigenvalue weighted by Gasteiger charge is 2.07. The number of aryl methyl sites for hydroxylation is 3. The number of aromatic nitrogens is 3. The largest absolute Gasteiger partial charge is 0.495 e. The third-order valence-electron chi connectivity index (χ3n) is 3.82. The molecule has 0 radical (unpaired) electrons. The van der Waals surface area contributed by atoms with E-state index in [0.717, 1.165) is 28.3 Å². The second-order valence-electron chi connectivity index (χ2n) is 5.94. The summed E-state index contributed by atoms with van der Waals surface area (Å²) in [6, 6.07) is 12.1. The van der Waals surface area contributed by atoms with Crippen LogP contribution >= 0.6 is 0 Å². The molecule has 1 heterocycles. The van der Waals surface area contributed by atoms with Crippen LogP contribution in [0.15, 0.2) is 42.6 Å². The minimum absolute atomic E-state index is 0.435. The van der Waals surface area contributed by atoms with Crippen molar-refractivity contribution >= 4 is 23.1 Å². The van der Waals surface area contributed by atoms with Crippen molar-refractivity contribution in [1.82, 2.24) is 15.2 Å². The summed E-state index contributed by atoms with van der Waals surface area (Å²) < 4.78 is 5.39. The number of nitrogens with one attached hydrogen (secondary N) is 2. The summed E-state index contributed by atoms with van der Waals surface area (Å²) in [5.41, 5.74) is 5.21. The minimum Gasteiger partial charge on any atom is -0.495 e. The van der Waals surface area contributed by atoms with Crippen LogP contribution in [0.5, 0.6) is 5.75 Å². The lowest BCUT2D eigenvalue weighted by Crippen LogP contribution is -2.04. The fourth-order valence-electron chi connectivity index (χ4n) is 2.47. The van der Waals surface area contributed by atoms with E-state index in [4.69, 9.17) is 4.74 Å². The van der Waals surface area contributed by atoms with Crippen LogP contribution in [0.4, 0.5) is 23.1 Å². The Morgan fingerprint density at radius 1 is 0.880 bits per heavy atom. The van der Waals surface area contributed by atoms with Gasteiger partial charge < -0.3 is 15.4 Å². The van der Waals surface area contributed by atoms with E-state index < -0.39 is 0 Å². The molecule has 6 heteroatoms. The van der Waals surface area contributed by atoms with Crippen molar-refractivity contribution < 1.29 is 4.74 Å². The van der Waals surface area contributed by atoms with Crippen LogP contribution < -0.4 is 15.4 Å². The summed E-state index contributed by atoms with van der Waals surface area (Å²) in [5, 5.41) is 14.6. The number of benzene rings is 2. The van der Waals surface area contributed by atoms with Gasteiger partial charge in [-0.25, -0.2) is 0 Å². The molecule has 0 saturated carbocycles. The van der Waals surface area contributed by atoms with Crippen molar-refractivity contribution in [3.63, 3.8) is 0 Å². The highest BCUT2D eigenvalue weighted by molar-refractivity contribution is 5.66. The van der Waals surface area contributed by atoms with Gasteiger partial charge in [0.05, 0.1) is 19.0 Å². The maximum atomic E-state index is 5.39. The van der Waals surface area contributed by atoms with Gasteiger partial charge in [-0.1, -0.05) is 18.2 Å². The summed E-state index contributed by atoms with van der Waals surface area (Å²) in [4.78, 5) is 4.49. The SMILES string of the molecule is COc1ccc(C)cc1Nc1cnnc(Nc2cc(C)ccc2C)n1. The molecule has 0 bridgehead atoms. The first-order valence-corrected chi connectivity index (χ1v) is 8.01. The second kappa shape index (κ2) is 7.17. The maximum Gasteiger partial charge on any atom is 0.249 e. The molecule has 6 nitrogen and oxygen atoms in total. The van der Waals surface area contributed by atoms with Crippen molar-refractivity contribution in [3.8, 4) is 5.75 Å². The van der Waals surface area contributed by atoms with Crippen LogP contribution in [0.2, 0.25) is 0 Å². The lowest BCUT2D eigenvalue weighted by atomic mass is 10.1. The van der Waals surface area contributed by atoms with E-state index in [9.17, 15) is 0 Å². The average molecular weight is 335 g/mol. The van der Waals surface area contributed by atoms with E-state index in [-0.39, 0.29) is 0 Å². The Hall–Kier alpha value is -3.15. The van der Waals surface area contributed by atoms with Crippen molar-refractivity contribution in [2.75, 3.05) is 17.7 Å². The van der Waals surface area contributed by atoms with E-state index in [1.54, 1.807) is 13.3 Å². The first kappa shape index (κ1) is 16.7. The number of hydrogen-bond acceptors (Lipinski definition) is 6. The monoisotopic (exact) mass is 335 g/mol. The number of anilines is 4. The van der Waals surface area contributed by atoms with Crippen molar-refractivity contribution in [2.24, 2.45) is 0 Å². The van der Waals surface area contributed by atoms with Gasteiger partial charge in [0.1, 0.15) is 5.75 Å². The van der Waals surface area contributed by atoms with Crippen LogP contribution in [-0.2, 0) is 0 Å². The molecule has 0 aliphatic heterocycles. The Balaban J connectivity index is 1.85. The first-order chi connectivity index (χ1) is 12.0. The van der Waals surface area contributed by atoms with E-state index in [2.05, 4.69) is 44.0 Å². The van der Waals surface area contributed by atoms with E-state index in [1.807, 2.05) is 39.0 Å². The zero-order chi connectivity index (χ0) is 17.8. The summed E-state index contributed by atoms with van der Waals surface area (Å²) in [6.45, 7) is 6.11. The van der Waals surface area contributed by atoms with Crippen molar-refractivity contribution in [3.05, 3.63) is 59.3 Å². The molecule has 0 aliphatic rings. The highest BCUT2D eigenvalue weighted by Crippen LogP contribution is 2.28. The molecule has 0 unspecified atom stereocenters. The van der Waals surface area contributed by atoms with Gasteiger partial charge in [-0.3, -0.25) is 0 Å². The van der Waals surface area contributed by atoms with Crippen molar-refractivity contribution in [1.29, 1.82) is 0 Å². The molecule has 128 valence electrons. The van der Waals surface area contributed by atoms with E-state index in [1.165, 1.54) is 5.56 Å². The van der Waals surface area contributed by atoms with E-state index >= 15 is 0 Å². The molecule has 3 aromatic rings. The molecule has 0 fully saturated rings. The topological polar surface area (TPSA) is 72.0 Å². The molecule has 3 rings (SSSR count). The molecule has 0 spiro atoms. The van der Waals surface area contributed by atoms with Gasteiger partial charge in [0.15, 0.2) is 5.82 Å². The van der Waals surface area contributed by atoms with Gasteiger partial charge in [-0.15, -0.1) is 5.10 Å². The number of methoxy groups -OCH3 is 1. The number of nitrogens with zero attached hydrogens (tertiary/aromatic N) is 3. The smallest absolute Gasteiger partial charge is 0.249 e. The van der Waals surface area contributed by atoms with Gasteiger partial charge >= 0.3 is 0 Å². The van der Waals surface area contributed by atoms with Gasteiger partial charge in [0.25, 0.3) is 0 Å². The van der Waals surface area contributed by atoms with Gasteiger partial charge in [0.2, 0.25) is 5.95 Å². The zero-order valence-electron chi connectivity index (χ0n) is 14.8. The Morgan fingerprint density at radius 2 is 1.60 bits per heavy atom. The molecule has 0 saturated heterocycles. The molecule has 2 aromatic carbocycles. The molecule has 0 amide bonds. The summed E-state index contributed by atoms with van der Waals surface area (Å²) in [5.74, 6) is 1.77. The Bertz CT molecular complexity index is 895. The minimum atomic E-state index is 0.435. The van der Waals surface area contributed by atoms with Crippen LogP contribution in [-0.4, -0.2) is 22.3 Å². The quantitative estimate of drug-likeness (QED) is 0.724. The standard InChI is InChI=1S/C19H21N5O/c1-12-5-7-14(3)15(9-12)22-19-23-18(11-20-24-19)21-16-10-13(2)6-8-17(16)25-4/h5-11H,1-4H3,(H2,21,22,23,24). The third kappa shape index (κ3) is 4.03. The zero-order valence-corrected chi connectivity index (χ0v) is 14.8. The average Bonchev–Trinajstić information content (AvgIpc) is 2.59. The summed E-state index contributed by atoms with van der Waals surface area (Å²) in [7, 11) is 1.64. The second-order valence-corrected chi connectivity index (χ2v) is 5.94.